The molecule has 0 amide bonds. The van der Waals surface area contributed by atoms with E-state index in [1.54, 1.807) is 11.1 Å². The molecule has 1 heterocycles. The highest BCUT2D eigenvalue weighted by Gasteiger charge is 2.30. The van der Waals surface area contributed by atoms with Gasteiger partial charge in [0, 0.05) is 12.6 Å². The maximum Gasteiger partial charge on any atom is 0.00979 e. The summed E-state index contributed by atoms with van der Waals surface area (Å²) in [5.74, 6) is 2.44. The topological polar surface area (TPSA) is 3.24 Å². The van der Waals surface area contributed by atoms with Crippen molar-refractivity contribution in [3.63, 3.8) is 0 Å². The zero-order chi connectivity index (χ0) is 14.7. The minimum absolute atomic E-state index is 0.723. The molecule has 2 aliphatic rings. The Morgan fingerprint density at radius 3 is 2.45 bits per heavy atom. The van der Waals surface area contributed by atoms with E-state index in [-0.39, 0.29) is 0 Å². The van der Waals surface area contributed by atoms with Crippen LogP contribution < -0.4 is 0 Å². The van der Waals surface area contributed by atoms with E-state index in [9.17, 15) is 0 Å². The van der Waals surface area contributed by atoms with Crippen molar-refractivity contribution in [3.8, 4) is 0 Å². The highest BCUT2D eigenvalue weighted by Crippen LogP contribution is 2.33. The quantitative estimate of drug-likeness (QED) is 0.679. The third kappa shape index (κ3) is 4.22. The van der Waals surface area contributed by atoms with Crippen molar-refractivity contribution in [3.05, 3.63) is 23.3 Å². The molecule has 2 atom stereocenters. The summed E-state index contributed by atoms with van der Waals surface area (Å²) in [6.07, 6.45) is 11.5. The predicted octanol–water partition coefficient (Wildman–Crippen LogP) is 5.05. The molecule has 0 aromatic heterocycles. The van der Waals surface area contributed by atoms with E-state index in [4.69, 9.17) is 0 Å². The Hall–Kier alpha value is -0.560. The molecule has 0 bridgehead atoms. The fraction of sp³-hybridized carbons (Fsp3) is 0.789. The molecule has 1 aliphatic heterocycles. The van der Waals surface area contributed by atoms with Crippen LogP contribution in [0.2, 0.25) is 0 Å². The molecule has 0 N–H and O–H groups in total. The second-order valence-corrected chi connectivity index (χ2v) is 7.75. The van der Waals surface area contributed by atoms with Gasteiger partial charge in [0.05, 0.1) is 0 Å². The molecule has 1 heteroatoms. The first-order chi connectivity index (χ1) is 9.45. The average Bonchev–Trinajstić information content (AvgIpc) is 2.69. The first-order valence-electron chi connectivity index (χ1n) is 8.54. The molecule has 20 heavy (non-hydrogen) atoms. The number of likely N-dealkylation sites (tertiary alicyclic amines) is 1. The Morgan fingerprint density at radius 1 is 1.15 bits per heavy atom. The van der Waals surface area contributed by atoms with Crippen molar-refractivity contribution in [2.24, 2.45) is 17.8 Å². The molecule has 1 fully saturated rings. The number of hydrogen-bond acceptors (Lipinski definition) is 1. The zero-order valence-electron chi connectivity index (χ0n) is 14.2. The molecule has 114 valence electrons. The second-order valence-electron chi connectivity index (χ2n) is 7.75. The molecule has 0 spiro atoms. The van der Waals surface area contributed by atoms with Gasteiger partial charge in [0.2, 0.25) is 0 Å². The number of allylic oxidation sites excluding steroid dienone is 4. The van der Waals surface area contributed by atoms with E-state index in [0.717, 1.165) is 23.8 Å². The molecule has 1 aliphatic carbocycles. The van der Waals surface area contributed by atoms with Crippen LogP contribution in [0, 0.1) is 17.8 Å². The van der Waals surface area contributed by atoms with Gasteiger partial charge in [-0.2, -0.15) is 0 Å². The van der Waals surface area contributed by atoms with Crippen LogP contribution in [0.5, 0.6) is 0 Å². The Morgan fingerprint density at radius 2 is 1.90 bits per heavy atom. The summed E-state index contributed by atoms with van der Waals surface area (Å²) in [5.41, 5.74) is 3.33. The van der Waals surface area contributed by atoms with E-state index in [2.05, 4.69) is 51.8 Å². The van der Waals surface area contributed by atoms with Gasteiger partial charge in [-0.15, -0.1) is 0 Å². The third-order valence-electron chi connectivity index (χ3n) is 5.08. The van der Waals surface area contributed by atoms with Crippen molar-refractivity contribution in [1.29, 1.82) is 0 Å². The fourth-order valence-corrected chi connectivity index (χ4v) is 3.88. The Labute approximate surface area is 126 Å². The molecule has 1 saturated heterocycles. The van der Waals surface area contributed by atoms with Gasteiger partial charge in [-0.05, 0) is 56.9 Å². The zero-order valence-corrected chi connectivity index (χ0v) is 14.2. The van der Waals surface area contributed by atoms with Crippen molar-refractivity contribution in [1.82, 2.24) is 4.90 Å². The van der Waals surface area contributed by atoms with Crippen molar-refractivity contribution < 1.29 is 0 Å². The van der Waals surface area contributed by atoms with E-state index in [1.165, 1.54) is 38.6 Å². The van der Waals surface area contributed by atoms with Crippen LogP contribution in [0.25, 0.3) is 0 Å². The van der Waals surface area contributed by atoms with Crippen LogP contribution in [-0.2, 0) is 0 Å². The molecule has 1 nitrogen and oxygen atoms in total. The molecule has 2 unspecified atom stereocenters. The normalized spacial score (nSPS) is 28.1. The fourth-order valence-electron chi connectivity index (χ4n) is 3.88. The maximum absolute atomic E-state index is 2.60. The smallest absolute Gasteiger partial charge is 0.00979 e. The first kappa shape index (κ1) is 15.8. The third-order valence-corrected chi connectivity index (χ3v) is 5.08. The lowest BCUT2D eigenvalue weighted by Crippen LogP contribution is -2.26. The molecule has 0 aromatic carbocycles. The highest BCUT2D eigenvalue weighted by molar-refractivity contribution is 5.25. The van der Waals surface area contributed by atoms with Gasteiger partial charge in [-0.25, -0.2) is 0 Å². The minimum Gasteiger partial charge on any atom is -0.303 e. The summed E-state index contributed by atoms with van der Waals surface area (Å²) in [4.78, 5) is 2.60. The van der Waals surface area contributed by atoms with Gasteiger partial charge in [0.1, 0.15) is 0 Å². The van der Waals surface area contributed by atoms with E-state index < -0.39 is 0 Å². The Balaban J connectivity index is 1.86. The number of hydrogen-bond donors (Lipinski definition) is 0. The van der Waals surface area contributed by atoms with Gasteiger partial charge in [-0.3, -0.25) is 0 Å². The Kier molecular flexibility index (Phi) is 5.49. The Bertz CT molecular complexity index is 375. The number of rotatable bonds is 5. The standard InChI is InChI=1S/C19H33N/c1-14(2)10-19-12-17(13-20(19)5)11-16-6-8-18(9-7-16)15(3)4/h6,8,14-15,17,19H,7,9-13H2,1-5H3. The molecule has 2 rings (SSSR count). The summed E-state index contributed by atoms with van der Waals surface area (Å²) in [5, 5.41) is 0. The van der Waals surface area contributed by atoms with Crippen molar-refractivity contribution in [2.75, 3.05) is 13.6 Å². The van der Waals surface area contributed by atoms with Crippen molar-refractivity contribution in [2.45, 2.75) is 65.8 Å². The van der Waals surface area contributed by atoms with Gasteiger partial charge in [-0.1, -0.05) is 51.0 Å². The molecule has 0 saturated carbocycles. The molecule has 0 aromatic rings. The second kappa shape index (κ2) is 6.93. The lowest BCUT2D eigenvalue weighted by molar-refractivity contribution is 0.271. The van der Waals surface area contributed by atoms with Crippen LogP contribution >= 0.6 is 0 Å². The summed E-state index contributed by atoms with van der Waals surface area (Å²) < 4.78 is 0. The monoisotopic (exact) mass is 275 g/mol. The van der Waals surface area contributed by atoms with E-state index in [1.807, 2.05) is 0 Å². The van der Waals surface area contributed by atoms with Crippen LogP contribution in [0.1, 0.15) is 59.8 Å². The summed E-state index contributed by atoms with van der Waals surface area (Å²) in [6.45, 7) is 10.6. The average molecular weight is 275 g/mol. The summed E-state index contributed by atoms with van der Waals surface area (Å²) >= 11 is 0. The van der Waals surface area contributed by atoms with Gasteiger partial charge in [0.15, 0.2) is 0 Å². The van der Waals surface area contributed by atoms with E-state index >= 15 is 0 Å². The van der Waals surface area contributed by atoms with Gasteiger partial charge in [0.25, 0.3) is 0 Å². The lowest BCUT2D eigenvalue weighted by atomic mass is 9.86. The first-order valence-corrected chi connectivity index (χ1v) is 8.54. The lowest BCUT2D eigenvalue weighted by Gasteiger charge is -2.20. The van der Waals surface area contributed by atoms with Crippen LogP contribution in [0.15, 0.2) is 23.3 Å². The summed E-state index contributed by atoms with van der Waals surface area (Å²) in [7, 11) is 2.32. The van der Waals surface area contributed by atoms with Crippen LogP contribution in [0.4, 0.5) is 0 Å². The highest BCUT2D eigenvalue weighted by atomic mass is 15.2. The predicted molar refractivity (Wildman–Crippen MR) is 88.8 cm³/mol. The molecular weight excluding hydrogens is 242 g/mol. The van der Waals surface area contributed by atoms with Crippen LogP contribution in [0.3, 0.4) is 0 Å². The summed E-state index contributed by atoms with van der Waals surface area (Å²) in [6, 6.07) is 0.825. The maximum atomic E-state index is 2.60. The molecule has 0 radical (unpaired) electrons. The largest absolute Gasteiger partial charge is 0.303 e. The SMILES string of the molecule is CC(C)CC1CC(CC2=CC=C(C(C)C)CC2)CN1C. The van der Waals surface area contributed by atoms with Crippen molar-refractivity contribution >= 4 is 0 Å². The number of nitrogens with zero attached hydrogens (tertiary/aromatic N) is 1. The van der Waals surface area contributed by atoms with Crippen LogP contribution in [-0.4, -0.2) is 24.5 Å². The van der Waals surface area contributed by atoms with E-state index in [0.29, 0.717) is 0 Å². The minimum atomic E-state index is 0.723. The van der Waals surface area contributed by atoms with Gasteiger partial charge >= 0.3 is 0 Å². The molecular formula is C19H33N. The van der Waals surface area contributed by atoms with Gasteiger partial charge < -0.3 is 4.90 Å².